The molecule has 2 fully saturated rings. The fourth-order valence-corrected chi connectivity index (χ4v) is 3.51. The van der Waals surface area contributed by atoms with Gasteiger partial charge in [0.05, 0.1) is 6.61 Å². The van der Waals surface area contributed by atoms with E-state index < -0.39 is 17.5 Å². The van der Waals surface area contributed by atoms with Crippen LogP contribution in [0.1, 0.15) is 32.1 Å². The molecule has 1 saturated heterocycles. The third kappa shape index (κ3) is 3.58. The number of ether oxygens (including phenoxy) is 1. The highest BCUT2D eigenvalue weighted by Crippen LogP contribution is 2.27. The fraction of sp³-hybridized carbons (Fsp3) is 0.846. The normalized spacial score (nSPS) is 33.6. The molecule has 2 aliphatic rings. The number of carbonyl (C=O) groups excluding carboxylic acids is 1. The Labute approximate surface area is 123 Å². The van der Waals surface area contributed by atoms with E-state index in [1.165, 1.54) is 0 Å². The van der Waals surface area contributed by atoms with Crippen LogP contribution in [0.25, 0.3) is 0 Å². The average molecular weight is 302 g/mol. The maximum absolute atomic E-state index is 12.0. The van der Waals surface area contributed by atoms with Crippen molar-refractivity contribution in [2.75, 3.05) is 19.5 Å². The predicted octanol–water partition coefficient (Wildman–Crippen LogP) is 1.20. The van der Waals surface area contributed by atoms with E-state index in [2.05, 4.69) is 16.9 Å². The van der Waals surface area contributed by atoms with Crippen molar-refractivity contribution >= 4 is 23.8 Å². The molecule has 7 heteroatoms. The average Bonchev–Trinajstić information content (AvgIpc) is 2.89. The third-order valence-electron chi connectivity index (χ3n) is 4.13. The molecule has 6 nitrogen and oxygen atoms in total. The Balaban J connectivity index is 1.82. The molecule has 0 bridgehead atoms. The summed E-state index contributed by atoms with van der Waals surface area (Å²) in [6.45, 7) is 0.403. The lowest BCUT2D eigenvalue weighted by Crippen LogP contribution is -2.59. The van der Waals surface area contributed by atoms with Crippen LogP contribution in [-0.4, -0.2) is 53.4 Å². The Morgan fingerprint density at radius 3 is 2.50 bits per heavy atom. The number of urea groups is 1. The number of hydrogen-bond acceptors (Lipinski definition) is 4. The molecule has 2 amide bonds. The summed E-state index contributed by atoms with van der Waals surface area (Å²) in [5.74, 6) is -1.03. The molecule has 20 heavy (non-hydrogen) atoms. The highest BCUT2D eigenvalue weighted by molar-refractivity contribution is 7.99. The minimum atomic E-state index is -1.26. The fourth-order valence-electron chi connectivity index (χ4n) is 2.77. The summed E-state index contributed by atoms with van der Waals surface area (Å²) in [5.41, 5.74) is -1.26. The number of amides is 2. The van der Waals surface area contributed by atoms with Crippen LogP contribution in [0.4, 0.5) is 4.79 Å². The number of hydrogen-bond donors (Lipinski definition) is 3. The van der Waals surface area contributed by atoms with Gasteiger partial charge in [-0.25, -0.2) is 9.59 Å². The van der Waals surface area contributed by atoms with Gasteiger partial charge in [-0.3, -0.25) is 0 Å². The van der Waals surface area contributed by atoms with Crippen molar-refractivity contribution < 1.29 is 19.4 Å². The molecule has 3 N–H and O–H groups in total. The van der Waals surface area contributed by atoms with Crippen molar-refractivity contribution in [1.29, 1.82) is 0 Å². The van der Waals surface area contributed by atoms with Gasteiger partial charge in [0.1, 0.15) is 0 Å². The van der Waals surface area contributed by atoms with Crippen molar-refractivity contribution in [3.05, 3.63) is 0 Å². The molecular formula is C13H22N2O4S. The van der Waals surface area contributed by atoms with Gasteiger partial charge in [0.25, 0.3) is 0 Å². The van der Waals surface area contributed by atoms with Gasteiger partial charge < -0.3 is 20.5 Å². The summed E-state index contributed by atoms with van der Waals surface area (Å²) < 4.78 is 5.12. The molecule has 1 aliphatic heterocycles. The minimum absolute atomic E-state index is 0.0367. The van der Waals surface area contributed by atoms with E-state index in [1.54, 1.807) is 0 Å². The SMILES string of the molecule is CSC1CCC(NC(=O)NC2(C(=O)O)CCOC2)CC1. The van der Waals surface area contributed by atoms with Crippen LogP contribution in [0.5, 0.6) is 0 Å². The Kier molecular flexibility index (Phi) is 5.15. The highest BCUT2D eigenvalue weighted by atomic mass is 32.2. The van der Waals surface area contributed by atoms with Gasteiger partial charge in [0.15, 0.2) is 5.54 Å². The number of carbonyl (C=O) groups is 2. The predicted molar refractivity (Wildman–Crippen MR) is 77.0 cm³/mol. The van der Waals surface area contributed by atoms with E-state index in [-0.39, 0.29) is 12.6 Å². The van der Waals surface area contributed by atoms with Crippen LogP contribution in [0.3, 0.4) is 0 Å². The quantitative estimate of drug-likeness (QED) is 0.726. The number of carboxylic acid groups (broad SMARTS) is 1. The largest absolute Gasteiger partial charge is 0.479 e. The minimum Gasteiger partial charge on any atom is -0.479 e. The van der Waals surface area contributed by atoms with Gasteiger partial charge in [-0.1, -0.05) is 0 Å². The Bertz CT molecular complexity index is 363. The smallest absolute Gasteiger partial charge is 0.332 e. The first-order valence-corrected chi connectivity index (χ1v) is 8.27. The molecule has 1 heterocycles. The second-order valence-electron chi connectivity index (χ2n) is 5.50. The van der Waals surface area contributed by atoms with Gasteiger partial charge in [0.2, 0.25) is 0 Å². The van der Waals surface area contributed by atoms with E-state index in [1.807, 2.05) is 11.8 Å². The van der Waals surface area contributed by atoms with Crippen LogP contribution in [0.2, 0.25) is 0 Å². The zero-order chi connectivity index (χ0) is 14.6. The van der Waals surface area contributed by atoms with Gasteiger partial charge >= 0.3 is 12.0 Å². The topological polar surface area (TPSA) is 87.7 Å². The van der Waals surface area contributed by atoms with E-state index in [9.17, 15) is 14.7 Å². The van der Waals surface area contributed by atoms with E-state index in [4.69, 9.17) is 4.74 Å². The zero-order valence-electron chi connectivity index (χ0n) is 11.7. The Hall–Kier alpha value is -0.950. The van der Waals surface area contributed by atoms with Crippen LogP contribution >= 0.6 is 11.8 Å². The molecule has 1 unspecified atom stereocenters. The molecule has 114 valence electrons. The van der Waals surface area contributed by atoms with Gasteiger partial charge in [-0.15, -0.1) is 0 Å². The monoisotopic (exact) mass is 302 g/mol. The summed E-state index contributed by atoms with van der Waals surface area (Å²) in [6, 6.07) is -0.253. The summed E-state index contributed by atoms with van der Waals surface area (Å²) in [5, 5.41) is 15.4. The first-order chi connectivity index (χ1) is 9.55. The molecule has 0 aromatic carbocycles. The lowest BCUT2D eigenvalue weighted by Gasteiger charge is -2.30. The van der Waals surface area contributed by atoms with Gasteiger partial charge in [0, 0.05) is 24.3 Å². The summed E-state index contributed by atoms with van der Waals surface area (Å²) in [7, 11) is 0. The molecule has 1 aliphatic carbocycles. The molecule has 0 aromatic rings. The van der Waals surface area contributed by atoms with Crippen molar-refractivity contribution in [2.24, 2.45) is 0 Å². The first kappa shape index (κ1) is 15.4. The van der Waals surface area contributed by atoms with Crippen molar-refractivity contribution in [3.63, 3.8) is 0 Å². The number of nitrogens with one attached hydrogen (secondary N) is 2. The van der Waals surface area contributed by atoms with Crippen LogP contribution in [0, 0.1) is 0 Å². The highest BCUT2D eigenvalue weighted by Gasteiger charge is 2.44. The molecule has 0 spiro atoms. The second-order valence-corrected chi connectivity index (χ2v) is 6.64. The van der Waals surface area contributed by atoms with E-state index >= 15 is 0 Å². The summed E-state index contributed by atoms with van der Waals surface area (Å²) >= 11 is 1.87. The maximum atomic E-state index is 12.0. The van der Waals surface area contributed by atoms with Crippen LogP contribution < -0.4 is 10.6 Å². The van der Waals surface area contributed by atoms with Gasteiger partial charge in [-0.2, -0.15) is 11.8 Å². The standard InChI is InChI=1S/C13H22N2O4S/c1-20-10-4-2-9(3-5-10)14-12(18)15-13(11(16)17)6-7-19-8-13/h9-10H,2-8H2,1H3,(H,16,17)(H2,14,15,18). The van der Waals surface area contributed by atoms with Crippen molar-refractivity contribution in [1.82, 2.24) is 10.6 Å². The number of thioether (sulfide) groups is 1. The Morgan fingerprint density at radius 2 is 2.00 bits per heavy atom. The molecule has 0 radical (unpaired) electrons. The number of rotatable bonds is 4. The third-order valence-corrected chi connectivity index (χ3v) is 5.26. The first-order valence-electron chi connectivity index (χ1n) is 6.98. The van der Waals surface area contributed by atoms with E-state index in [0.29, 0.717) is 18.3 Å². The zero-order valence-corrected chi connectivity index (χ0v) is 12.5. The number of carboxylic acids is 1. The molecule has 1 atom stereocenters. The van der Waals surface area contributed by atoms with Crippen LogP contribution in [0.15, 0.2) is 0 Å². The van der Waals surface area contributed by atoms with Gasteiger partial charge in [-0.05, 0) is 31.9 Å². The van der Waals surface area contributed by atoms with E-state index in [0.717, 1.165) is 25.7 Å². The van der Waals surface area contributed by atoms with Crippen molar-refractivity contribution in [2.45, 2.75) is 48.9 Å². The lowest BCUT2D eigenvalue weighted by molar-refractivity contribution is -0.144. The second kappa shape index (κ2) is 6.67. The molecular weight excluding hydrogens is 280 g/mol. The molecule has 1 saturated carbocycles. The lowest BCUT2D eigenvalue weighted by atomic mass is 9.95. The Morgan fingerprint density at radius 1 is 1.30 bits per heavy atom. The van der Waals surface area contributed by atoms with Crippen molar-refractivity contribution in [3.8, 4) is 0 Å². The summed E-state index contributed by atoms with van der Waals surface area (Å²) in [6.07, 6.45) is 6.53. The maximum Gasteiger partial charge on any atom is 0.332 e. The molecule has 2 rings (SSSR count). The summed E-state index contributed by atoms with van der Waals surface area (Å²) in [4.78, 5) is 23.3. The van der Waals surface area contributed by atoms with Crippen LogP contribution in [-0.2, 0) is 9.53 Å². The number of aliphatic carboxylic acids is 1. The molecule has 0 aromatic heterocycles.